The van der Waals surface area contributed by atoms with E-state index in [9.17, 15) is 0 Å². The van der Waals surface area contributed by atoms with Gasteiger partial charge in [-0.1, -0.05) is 0 Å². The van der Waals surface area contributed by atoms with Gasteiger partial charge in [0.2, 0.25) is 0 Å². The van der Waals surface area contributed by atoms with E-state index in [1.54, 1.807) is 18.3 Å². The fraction of sp³-hybridized carbons (Fsp3) is 0.333. The zero-order valence-electron chi connectivity index (χ0n) is 7.03. The minimum Gasteiger partial charge on any atom is -0.377 e. The van der Waals surface area contributed by atoms with E-state index < -0.39 is 0 Å². The molecule has 1 aliphatic heterocycles. The Balaban J connectivity index is 2.01. The lowest BCUT2D eigenvalue weighted by atomic mass is 10.2. The summed E-state index contributed by atoms with van der Waals surface area (Å²) < 4.78 is 5.01. The fourth-order valence-corrected chi connectivity index (χ4v) is 1.07. The van der Waals surface area contributed by atoms with Crippen LogP contribution in [0.5, 0.6) is 0 Å². The molecule has 0 bridgehead atoms. The second-order valence-corrected chi connectivity index (χ2v) is 2.92. The van der Waals surface area contributed by atoms with E-state index in [1.165, 1.54) is 0 Å². The van der Waals surface area contributed by atoms with Crippen molar-refractivity contribution in [3.05, 3.63) is 23.9 Å². The summed E-state index contributed by atoms with van der Waals surface area (Å²) in [6.45, 7) is 1.48. The molecular formula is C9H9N3O. The molecule has 66 valence electrons. The maximum Gasteiger partial charge on any atom is 0.126 e. The first-order valence-corrected chi connectivity index (χ1v) is 4.09. The predicted molar refractivity (Wildman–Crippen MR) is 47.2 cm³/mol. The van der Waals surface area contributed by atoms with Crippen LogP contribution in [0, 0.1) is 11.3 Å². The summed E-state index contributed by atoms with van der Waals surface area (Å²) in [6, 6.07) is 5.94. The Hall–Kier alpha value is -1.60. The lowest BCUT2D eigenvalue weighted by molar-refractivity contribution is 0.0209. The van der Waals surface area contributed by atoms with Crippen LogP contribution in [0.4, 0.5) is 5.82 Å². The van der Waals surface area contributed by atoms with Crippen LogP contribution >= 0.6 is 0 Å². The fourth-order valence-electron chi connectivity index (χ4n) is 1.07. The Morgan fingerprint density at radius 3 is 2.85 bits per heavy atom. The lowest BCUT2D eigenvalue weighted by Gasteiger charge is -2.27. The van der Waals surface area contributed by atoms with E-state index in [2.05, 4.69) is 10.3 Å². The number of hydrogen-bond acceptors (Lipinski definition) is 4. The highest BCUT2D eigenvalue weighted by Crippen LogP contribution is 2.09. The van der Waals surface area contributed by atoms with Gasteiger partial charge in [-0.25, -0.2) is 4.98 Å². The number of nitrogens with one attached hydrogen (secondary N) is 1. The molecule has 1 saturated heterocycles. The van der Waals surface area contributed by atoms with Gasteiger partial charge < -0.3 is 10.1 Å². The van der Waals surface area contributed by atoms with Crippen molar-refractivity contribution in [1.82, 2.24) is 4.98 Å². The predicted octanol–water partition coefficient (Wildman–Crippen LogP) is 0.764. The summed E-state index contributed by atoms with van der Waals surface area (Å²) in [5.41, 5.74) is 0.579. The van der Waals surface area contributed by atoms with Crippen LogP contribution in [0.3, 0.4) is 0 Å². The first-order chi connectivity index (χ1) is 6.38. The smallest absolute Gasteiger partial charge is 0.126 e. The Morgan fingerprint density at radius 1 is 1.54 bits per heavy atom. The summed E-state index contributed by atoms with van der Waals surface area (Å²) in [5.74, 6) is 0.798. The van der Waals surface area contributed by atoms with Crippen molar-refractivity contribution >= 4 is 5.82 Å². The summed E-state index contributed by atoms with van der Waals surface area (Å²) in [7, 11) is 0. The van der Waals surface area contributed by atoms with Crippen LogP contribution in [0.25, 0.3) is 0 Å². The van der Waals surface area contributed by atoms with Crippen LogP contribution in [-0.4, -0.2) is 24.2 Å². The van der Waals surface area contributed by atoms with Crippen molar-refractivity contribution in [1.29, 1.82) is 5.26 Å². The SMILES string of the molecule is N#Cc1ccc(NC2COC2)nc1. The third kappa shape index (κ3) is 1.76. The lowest BCUT2D eigenvalue weighted by Crippen LogP contribution is -2.40. The second-order valence-electron chi connectivity index (χ2n) is 2.92. The summed E-state index contributed by atoms with van der Waals surface area (Å²) in [4.78, 5) is 4.08. The molecule has 0 saturated carbocycles. The van der Waals surface area contributed by atoms with Gasteiger partial charge in [0.25, 0.3) is 0 Å². The van der Waals surface area contributed by atoms with Crippen molar-refractivity contribution in [3.63, 3.8) is 0 Å². The highest BCUT2D eigenvalue weighted by atomic mass is 16.5. The van der Waals surface area contributed by atoms with Gasteiger partial charge in [-0.15, -0.1) is 0 Å². The van der Waals surface area contributed by atoms with E-state index in [4.69, 9.17) is 10.00 Å². The topological polar surface area (TPSA) is 57.9 Å². The first kappa shape index (κ1) is 8.02. The van der Waals surface area contributed by atoms with Crippen molar-refractivity contribution < 1.29 is 4.74 Å². The van der Waals surface area contributed by atoms with Crippen molar-refractivity contribution in [2.24, 2.45) is 0 Å². The van der Waals surface area contributed by atoms with E-state index in [-0.39, 0.29) is 0 Å². The minimum atomic E-state index is 0.375. The van der Waals surface area contributed by atoms with Gasteiger partial charge in [0, 0.05) is 6.20 Å². The highest BCUT2D eigenvalue weighted by molar-refractivity contribution is 5.40. The van der Waals surface area contributed by atoms with Gasteiger partial charge in [0.15, 0.2) is 0 Å². The molecule has 13 heavy (non-hydrogen) atoms. The van der Waals surface area contributed by atoms with Gasteiger partial charge in [-0.05, 0) is 12.1 Å². The monoisotopic (exact) mass is 175 g/mol. The quantitative estimate of drug-likeness (QED) is 0.721. The molecule has 4 nitrogen and oxygen atoms in total. The molecule has 2 heterocycles. The first-order valence-electron chi connectivity index (χ1n) is 4.09. The van der Waals surface area contributed by atoms with E-state index in [0.717, 1.165) is 19.0 Å². The van der Waals surface area contributed by atoms with Crippen LogP contribution in [0.1, 0.15) is 5.56 Å². The van der Waals surface area contributed by atoms with Crippen molar-refractivity contribution in [2.45, 2.75) is 6.04 Å². The standard InChI is InChI=1S/C9H9N3O/c10-3-7-1-2-9(11-4-7)12-8-5-13-6-8/h1-2,4,8H,5-6H2,(H,11,12). The molecule has 0 atom stereocenters. The molecule has 1 N–H and O–H groups in total. The largest absolute Gasteiger partial charge is 0.377 e. The zero-order chi connectivity index (χ0) is 9.10. The molecule has 0 amide bonds. The van der Waals surface area contributed by atoms with Crippen molar-refractivity contribution in [3.8, 4) is 6.07 Å². The Bertz CT molecular complexity index is 324. The molecule has 0 unspecified atom stereocenters. The van der Waals surface area contributed by atoms with Gasteiger partial charge >= 0.3 is 0 Å². The molecular weight excluding hydrogens is 166 g/mol. The average molecular weight is 175 g/mol. The minimum absolute atomic E-state index is 0.375. The van der Waals surface area contributed by atoms with E-state index in [1.807, 2.05) is 6.07 Å². The Labute approximate surface area is 76.2 Å². The average Bonchev–Trinajstić information content (AvgIpc) is 2.12. The number of nitrogens with zero attached hydrogens (tertiary/aromatic N) is 2. The number of anilines is 1. The van der Waals surface area contributed by atoms with Crippen molar-refractivity contribution in [2.75, 3.05) is 18.5 Å². The number of aromatic nitrogens is 1. The highest BCUT2D eigenvalue weighted by Gasteiger charge is 2.17. The Morgan fingerprint density at radius 2 is 2.38 bits per heavy atom. The maximum atomic E-state index is 8.54. The molecule has 2 rings (SSSR count). The number of rotatable bonds is 2. The summed E-state index contributed by atoms with van der Waals surface area (Å²) in [6.07, 6.45) is 1.56. The molecule has 0 radical (unpaired) electrons. The van der Waals surface area contributed by atoms with Crippen LogP contribution in [-0.2, 0) is 4.74 Å². The third-order valence-electron chi connectivity index (χ3n) is 1.88. The van der Waals surface area contributed by atoms with Gasteiger partial charge in [0.05, 0.1) is 24.8 Å². The van der Waals surface area contributed by atoms with E-state index >= 15 is 0 Å². The number of ether oxygens (including phenoxy) is 1. The summed E-state index contributed by atoms with van der Waals surface area (Å²) in [5, 5.41) is 11.7. The van der Waals surface area contributed by atoms with Gasteiger partial charge in [0.1, 0.15) is 11.9 Å². The molecule has 4 heteroatoms. The number of pyridine rings is 1. The van der Waals surface area contributed by atoms with Crippen LogP contribution < -0.4 is 5.32 Å². The van der Waals surface area contributed by atoms with Gasteiger partial charge in [-0.3, -0.25) is 0 Å². The Kier molecular flexibility index (Phi) is 2.11. The third-order valence-corrected chi connectivity index (χ3v) is 1.88. The maximum absolute atomic E-state index is 8.54. The molecule has 0 spiro atoms. The zero-order valence-corrected chi connectivity index (χ0v) is 7.03. The van der Waals surface area contributed by atoms with Crippen LogP contribution in [0.2, 0.25) is 0 Å². The molecule has 0 aliphatic carbocycles. The number of nitriles is 1. The molecule has 1 aromatic rings. The molecule has 0 aromatic carbocycles. The molecule has 1 aromatic heterocycles. The molecule has 1 aliphatic rings. The normalized spacial score (nSPS) is 15.9. The second kappa shape index (κ2) is 3.42. The molecule has 1 fully saturated rings. The van der Waals surface area contributed by atoms with Crippen LogP contribution in [0.15, 0.2) is 18.3 Å². The number of hydrogen-bond donors (Lipinski definition) is 1. The van der Waals surface area contributed by atoms with E-state index in [0.29, 0.717) is 11.6 Å². The summed E-state index contributed by atoms with van der Waals surface area (Å²) >= 11 is 0. The van der Waals surface area contributed by atoms with Gasteiger partial charge in [-0.2, -0.15) is 5.26 Å².